The van der Waals surface area contributed by atoms with E-state index in [1.54, 1.807) is 0 Å². The number of rotatable bonds is 6. The maximum absolute atomic E-state index is 5.94. The molecule has 0 aliphatic rings. The third kappa shape index (κ3) is 3.85. The van der Waals surface area contributed by atoms with Gasteiger partial charge in [-0.25, -0.2) is 0 Å². The van der Waals surface area contributed by atoms with E-state index >= 15 is 0 Å². The predicted molar refractivity (Wildman–Crippen MR) is 88.8 cm³/mol. The van der Waals surface area contributed by atoms with Crippen LogP contribution in [0.2, 0.25) is 0 Å². The van der Waals surface area contributed by atoms with Crippen molar-refractivity contribution in [1.29, 1.82) is 0 Å². The molecule has 2 nitrogen and oxygen atoms in total. The Hall–Kier alpha value is -1.80. The van der Waals surface area contributed by atoms with Gasteiger partial charge in [0.05, 0.1) is 0 Å². The maximum Gasteiger partial charge on any atom is 0.119 e. The maximum atomic E-state index is 5.94. The Kier molecular flexibility index (Phi) is 5.40. The molecule has 0 heterocycles. The second-order valence-electron chi connectivity index (χ2n) is 5.48. The zero-order valence-electron chi connectivity index (χ0n) is 13.4. The molecule has 0 fully saturated rings. The van der Waals surface area contributed by atoms with Crippen molar-refractivity contribution in [2.45, 2.75) is 39.8 Å². The van der Waals surface area contributed by atoms with Gasteiger partial charge in [0.15, 0.2) is 0 Å². The van der Waals surface area contributed by atoms with Crippen LogP contribution in [0, 0.1) is 13.8 Å². The summed E-state index contributed by atoms with van der Waals surface area (Å²) < 4.78 is 5.94. The highest BCUT2D eigenvalue weighted by atomic mass is 16.5. The van der Waals surface area contributed by atoms with E-state index in [1.807, 2.05) is 7.05 Å². The van der Waals surface area contributed by atoms with Crippen molar-refractivity contribution in [3.05, 3.63) is 64.7 Å². The van der Waals surface area contributed by atoms with Gasteiger partial charge in [0.1, 0.15) is 12.4 Å². The van der Waals surface area contributed by atoms with Gasteiger partial charge in [-0.05, 0) is 61.7 Å². The summed E-state index contributed by atoms with van der Waals surface area (Å²) in [5.41, 5.74) is 5.16. The van der Waals surface area contributed by atoms with Crippen LogP contribution in [0.15, 0.2) is 42.5 Å². The predicted octanol–water partition coefficient (Wildman–Crippen LogP) is 4.55. The van der Waals surface area contributed by atoms with Crippen molar-refractivity contribution in [3.63, 3.8) is 0 Å². The van der Waals surface area contributed by atoms with Crippen LogP contribution in [-0.4, -0.2) is 7.05 Å². The van der Waals surface area contributed by atoms with Crippen molar-refractivity contribution < 1.29 is 4.74 Å². The van der Waals surface area contributed by atoms with Crippen LogP contribution >= 0.6 is 0 Å². The largest absolute Gasteiger partial charge is 0.489 e. The van der Waals surface area contributed by atoms with Gasteiger partial charge in [0.25, 0.3) is 0 Å². The molecule has 0 saturated carbocycles. The monoisotopic (exact) mass is 283 g/mol. The molecular weight excluding hydrogens is 258 g/mol. The molecule has 1 N–H and O–H groups in total. The Bertz CT molecular complexity index is 550. The Morgan fingerprint density at radius 3 is 2.14 bits per heavy atom. The van der Waals surface area contributed by atoms with Crippen LogP contribution in [0.3, 0.4) is 0 Å². The molecule has 0 radical (unpaired) electrons. The summed E-state index contributed by atoms with van der Waals surface area (Å²) in [6, 6.07) is 15.2. The average Bonchev–Trinajstić information content (AvgIpc) is 2.49. The summed E-state index contributed by atoms with van der Waals surface area (Å²) in [5.74, 6) is 0.923. The minimum atomic E-state index is 0.415. The smallest absolute Gasteiger partial charge is 0.119 e. The molecule has 112 valence electrons. The van der Waals surface area contributed by atoms with Gasteiger partial charge < -0.3 is 10.1 Å². The molecule has 0 bridgehead atoms. The van der Waals surface area contributed by atoms with E-state index in [0.717, 1.165) is 12.2 Å². The van der Waals surface area contributed by atoms with E-state index in [0.29, 0.717) is 12.6 Å². The summed E-state index contributed by atoms with van der Waals surface area (Å²) in [5, 5.41) is 3.32. The molecule has 0 saturated heterocycles. The molecule has 0 amide bonds. The Morgan fingerprint density at radius 2 is 1.62 bits per heavy atom. The summed E-state index contributed by atoms with van der Waals surface area (Å²) in [6.45, 7) is 7.08. The highest BCUT2D eigenvalue weighted by molar-refractivity contribution is 5.34. The number of benzene rings is 2. The first-order chi connectivity index (χ1) is 10.2. The lowest BCUT2D eigenvalue weighted by Crippen LogP contribution is -2.14. The van der Waals surface area contributed by atoms with E-state index in [2.05, 4.69) is 68.6 Å². The molecule has 0 spiro atoms. The lowest BCUT2D eigenvalue weighted by Gasteiger charge is -2.15. The molecule has 1 unspecified atom stereocenters. The number of nitrogens with one attached hydrogen (secondary N) is 1. The van der Waals surface area contributed by atoms with E-state index in [-0.39, 0.29) is 0 Å². The average molecular weight is 283 g/mol. The van der Waals surface area contributed by atoms with Crippen LogP contribution in [0.25, 0.3) is 0 Å². The van der Waals surface area contributed by atoms with Crippen molar-refractivity contribution >= 4 is 0 Å². The van der Waals surface area contributed by atoms with Crippen molar-refractivity contribution in [3.8, 4) is 5.75 Å². The van der Waals surface area contributed by atoms with Crippen molar-refractivity contribution in [2.24, 2.45) is 0 Å². The highest BCUT2D eigenvalue weighted by Crippen LogP contribution is 2.21. The van der Waals surface area contributed by atoms with Crippen LogP contribution in [-0.2, 0) is 6.61 Å². The first kappa shape index (κ1) is 15.6. The number of ether oxygens (including phenoxy) is 1. The van der Waals surface area contributed by atoms with Gasteiger partial charge in [-0.15, -0.1) is 0 Å². The molecule has 2 rings (SSSR count). The minimum Gasteiger partial charge on any atom is -0.489 e. The van der Waals surface area contributed by atoms with Crippen molar-refractivity contribution in [1.82, 2.24) is 5.32 Å². The van der Waals surface area contributed by atoms with E-state index in [9.17, 15) is 0 Å². The molecule has 2 aromatic rings. The van der Waals surface area contributed by atoms with E-state index < -0.39 is 0 Å². The first-order valence-electron chi connectivity index (χ1n) is 7.60. The van der Waals surface area contributed by atoms with Gasteiger partial charge in [-0.2, -0.15) is 0 Å². The number of aryl methyl sites for hydroxylation is 2. The molecule has 0 aromatic heterocycles. The molecule has 0 aliphatic heterocycles. The zero-order valence-corrected chi connectivity index (χ0v) is 13.4. The van der Waals surface area contributed by atoms with Crippen LogP contribution in [0.5, 0.6) is 5.75 Å². The van der Waals surface area contributed by atoms with Gasteiger partial charge in [-0.3, -0.25) is 0 Å². The fourth-order valence-electron chi connectivity index (χ4n) is 2.64. The second kappa shape index (κ2) is 7.28. The molecule has 1 atom stereocenters. The Labute approximate surface area is 128 Å². The topological polar surface area (TPSA) is 21.3 Å². The first-order valence-corrected chi connectivity index (χ1v) is 7.60. The zero-order chi connectivity index (χ0) is 15.2. The third-order valence-corrected chi connectivity index (χ3v) is 4.07. The number of hydrogen-bond donors (Lipinski definition) is 1. The Morgan fingerprint density at radius 1 is 1.00 bits per heavy atom. The lowest BCUT2D eigenvalue weighted by molar-refractivity contribution is 0.304. The summed E-state index contributed by atoms with van der Waals surface area (Å²) >= 11 is 0. The molecular formula is C19H25NO. The van der Waals surface area contributed by atoms with E-state index in [4.69, 9.17) is 4.74 Å². The molecule has 2 heteroatoms. The standard InChI is InChI=1S/C19H25NO/c1-5-19(20-4)16-9-11-17(12-10-16)21-13-18-14(2)7-6-8-15(18)3/h6-12,19-20H,5,13H2,1-4H3. The van der Waals surface area contributed by atoms with Gasteiger partial charge in [0, 0.05) is 6.04 Å². The molecule has 0 aliphatic carbocycles. The quantitative estimate of drug-likeness (QED) is 0.839. The van der Waals surface area contributed by atoms with Gasteiger partial charge in [0.2, 0.25) is 0 Å². The molecule has 21 heavy (non-hydrogen) atoms. The van der Waals surface area contributed by atoms with Crippen LogP contribution < -0.4 is 10.1 Å². The lowest BCUT2D eigenvalue weighted by atomic mass is 10.0. The van der Waals surface area contributed by atoms with Crippen molar-refractivity contribution in [2.75, 3.05) is 7.05 Å². The SMILES string of the molecule is CCC(NC)c1ccc(OCc2c(C)cccc2C)cc1. The second-order valence-corrected chi connectivity index (χ2v) is 5.48. The summed E-state index contributed by atoms with van der Waals surface area (Å²) in [4.78, 5) is 0. The molecule has 2 aromatic carbocycles. The van der Waals surface area contributed by atoms with Crippen LogP contribution in [0.1, 0.15) is 41.6 Å². The summed E-state index contributed by atoms with van der Waals surface area (Å²) in [6.07, 6.45) is 1.08. The highest BCUT2D eigenvalue weighted by Gasteiger charge is 2.07. The fraction of sp³-hybridized carbons (Fsp3) is 0.368. The fourth-order valence-corrected chi connectivity index (χ4v) is 2.64. The Balaban J connectivity index is 2.04. The third-order valence-electron chi connectivity index (χ3n) is 4.07. The van der Waals surface area contributed by atoms with Gasteiger partial charge in [-0.1, -0.05) is 37.3 Å². The summed E-state index contributed by atoms with van der Waals surface area (Å²) in [7, 11) is 2.00. The van der Waals surface area contributed by atoms with Gasteiger partial charge >= 0.3 is 0 Å². The van der Waals surface area contributed by atoms with Crippen LogP contribution in [0.4, 0.5) is 0 Å². The van der Waals surface area contributed by atoms with E-state index in [1.165, 1.54) is 22.3 Å². The normalized spacial score (nSPS) is 12.2. The number of hydrogen-bond acceptors (Lipinski definition) is 2. The minimum absolute atomic E-state index is 0.415.